The van der Waals surface area contributed by atoms with E-state index in [0.717, 1.165) is 35.0 Å². The van der Waals surface area contributed by atoms with Gasteiger partial charge in [0.2, 0.25) is 5.91 Å². The van der Waals surface area contributed by atoms with Crippen LogP contribution in [0, 0.1) is 0 Å². The molecule has 1 heterocycles. The summed E-state index contributed by atoms with van der Waals surface area (Å²) < 4.78 is 1.03. The van der Waals surface area contributed by atoms with Gasteiger partial charge in [-0.25, -0.2) is 4.79 Å². The number of hydrogen-bond acceptors (Lipinski definition) is 2. The number of carboxylic acids is 1. The maximum Gasteiger partial charge on any atom is 0.335 e. The zero-order chi connectivity index (χ0) is 17.1. The first-order valence-electron chi connectivity index (χ1n) is 7.92. The number of aromatic carboxylic acids is 1. The van der Waals surface area contributed by atoms with Crippen molar-refractivity contribution in [2.45, 2.75) is 25.3 Å². The molecule has 124 valence electrons. The van der Waals surface area contributed by atoms with Gasteiger partial charge in [-0.1, -0.05) is 40.2 Å². The molecule has 1 fully saturated rings. The molecule has 1 aliphatic rings. The number of carbonyl (C=O) groups excluding carboxylic acids is 1. The van der Waals surface area contributed by atoms with E-state index in [0.29, 0.717) is 6.42 Å². The Bertz CT molecular complexity index is 740. The van der Waals surface area contributed by atoms with Gasteiger partial charge in [-0.15, -0.1) is 0 Å². The molecule has 1 amide bonds. The molecule has 0 spiro atoms. The quantitative estimate of drug-likeness (QED) is 0.860. The lowest BCUT2D eigenvalue weighted by atomic mass is 10.0. The minimum atomic E-state index is -0.956. The van der Waals surface area contributed by atoms with E-state index in [4.69, 9.17) is 5.11 Å². The van der Waals surface area contributed by atoms with Crippen molar-refractivity contribution in [1.82, 2.24) is 4.90 Å². The predicted octanol–water partition coefficient (Wildman–Crippen LogP) is 4.05. The fourth-order valence-corrected chi connectivity index (χ4v) is 3.40. The average Bonchev–Trinajstić information content (AvgIpc) is 3.06. The number of amides is 1. The van der Waals surface area contributed by atoms with Crippen molar-refractivity contribution in [2.75, 3.05) is 6.54 Å². The highest BCUT2D eigenvalue weighted by Gasteiger charge is 2.29. The molecule has 1 N–H and O–H groups in total. The molecule has 2 aromatic rings. The summed E-state index contributed by atoms with van der Waals surface area (Å²) >= 11 is 3.44. The molecular weight excluding hydrogens is 370 g/mol. The molecule has 1 unspecified atom stereocenters. The smallest absolute Gasteiger partial charge is 0.335 e. The van der Waals surface area contributed by atoms with Gasteiger partial charge >= 0.3 is 5.97 Å². The Morgan fingerprint density at radius 3 is 2.38 bits per heavy atom. The lowest BCUT2D eigenvalue weighted by Gasteiger charge is -2.25. The van der Waals surface area contributed by atoms with Crippen molar-refractivity contribution in [1.29, 1.82) is 0 Å². The third kappa shape index (κ3) is 3.67. The molecule has 4 nitrogen and oxygen atoms in total. The molecule has 0 aromatic heterocycles. The van der Waals surface area contributed by atoms with Crippen LogP contribution in [-0.2, 0) is 11.2 Å². The Balaban J connectivity index is 1.71. The van der Waals surface area contributed by atoms with Crippen LogP contribution in [0.25, 0.3) is 0 Å². The second kappa shape index (κ2) is 7.18. The molecule has 2 aromatic carbocycles. The minimum Gasteiger partial charge on any atom is -0.478 e. The number of halogens is 1. The Hall–Kier alpha value is -2.14. The lowest BCUT2D eigenvalue weighted by Crippen LogP contribution is -2.31. The number of nitrogens with zero attached hydrogens (tertiary/aromatic N) is 1. The minimum absolute atomic E-state index is 0.0866. The van der Waals surface area contributed by atoms with Gasteiger partial charge < -0.3 is 10.0 Å². The molecule has 1 aliphatic heterocycles. The summed E-state index contributed by atoms with van der Waals surface area (Å²) in [6, 6.07) is 14.8. The largest absolute Gasteiger partial charge is 0.478 e. The van der Waals surface area contributed by atoms with Crippen molar-refractivity contribution < 1.29 is 14.7 Å². The van der Waals surface area contributed by atoms with E-state index in [-0.39, 0.29) is 17.5 Å². The van der Waals surface area contributed by atoms with Crippen molar-refractivity contribution in [3.05, 3.63) is 69.7 Å². The fraction of sp³-hybridized carbons (Fsp3) is 0.263. The first-order valence-corrected chi connectivity index (χ1v) is 8.71. The van der Waals surface area contributed by atoms with E-state index in [1.54, 1.807) is 24.3 Å². The zero-order valence-corrected chi connectivity index (χ0v) is 14.7. The Labute approximate surface area is 149 Å². The van der Waals surface area contributed by atoms with Crippen LogP contribution in [0.3, 0.4) is 0 Å². The average molecular weight is 388 g/mol. The second-order valence-electron chi connectivity index (χ2n) is 5.98. The molecule has 24 heavy (non-hydrogen) atoms. The molecule has 0 radical (unpaired) electrons. The third-order valence-electron chi connectivity index (χ3n) is 4.38. The van der Waals surface area contributed by atoms with Crippen molar-refractivity contribution in [3.63, 3.8) is 0 Å². The van der Waals surface area contributed by atoms with Gasteiger partial charge in [-0.2, -0.15) is 0 Å². The number of hydrogen-bond donors (Lipinski definition) is 1. The highest BCUT2D eigenvalue weighted by Crippen LogP contribution is 2.33. The van der Waals surface area contributed by atoms with Crippen LogP contribution >= 0.6 is 15.9 Å². The van der Waals surface area contributed by atoms with Crippen molar-refractivity contribution in [3.8, 4) is 0 Å². The Morgan fingerprint density at radius 1 is 1.08 bits per heavy atom. The fourth-order valence-electron chi connectivity index (χ4n) is 3.14. The van der Waals surface area contributed by atoms with Crippen LogP contribution in [0.15, 0.2) is 53.0 Å². The Morgan fingerprint density at radius 2 is 1.75 bits per heavy atom. The summed E-state index contributed by atoms with van der Waals surface area (Å²) in [4.78, 5) is 25.5. The van der Waals surface area contributed by atoms with E-state index in [2.05, 4.69) is 28.1 Å². The molecule has 0 bridgehead atoms. The standard InChI is InChI=1S/C19H18BrNO3/c20-16-9-7-14(8-10-16)17-2-1-11-21(17)18(22)12-13-3-5-15(6-4-13)19(23)24/h3-10,17H,1-2,11-12H2,(H,23,24). The monoisotopic (exact) mass is 387 g/mol. The van der Waals surface area contributed by atoms with Gasteiger partial charge in [0.15, 0.2) is 0 Å². The molecular formula is C19H18BrNO3. The molecule has 0 saturated carbocycles. The van der Waals surface area contributed by atoms with Gasteiger partial charge in [0, 0.05) is 11.0 Å². The van der Waals surface area contributed by atoms with E-state index < -0.39 is 5.97 Å². The van der Waals surface area contributed by atoms with Gasteiger partial charge in [0.05, 0.1) is 18.0 Å². The number of rotatable bonds is 4. The van der Waals surface area contributed by atoms with E-state index in [1.165, 1.54) is 0 Å². The van der Waals surface area contributed by atoms with E-state index in [9.17, 15) is 9.59 Å². The highest BCUT2D eigenvalue weighted by atomic mass is 79.9. The molecule has 5 heteroatoms. The van der Waals surface area contributed by atoms with Gasteiger partial charge in [-0.05, 0) is 48.2 Å². The SMILES string of the molecule is O=C(O)c1ccc(CC(=O)N2CCCC2c2ccc(Br)cc2)cc1. The van der Waals surface area contributed by atoms with Crippen molar-refractivity contribution in [2.24, 2.45) is 0 Å². The lowest BCUT2D eigenvalue weighted by molar-refractivity contribution is -0.131. The van der Waals surface area contributed by atoms with Crippen molar-refractivity contribution >= 4 is 27.8 Å². The van der Waals surface area contributed by atoms with Gasteiger partial charge in [0.1, 0.15) is 0 Å². The van der Waals surface area contributed by atoms with Crippen LogP contribution in [0.4, 0.5) is 0 Å². The highest BCUT2D eigenvalue weighted by molar-refractivity contribution is 9.10. The maximum atomic E-state index is 12.7. The molecule has 0 aliphatic carbocycles. The third-order valence-corrected chi connectivity index (χ3v) is 4.91. The number of benzene rings is 2. The topological polar surface area (TPSA) is 57.6 Å². The summed E-state index contributed by atoms with van der Waals surface area (Å²) in [5, 5.41) is 8.93. The first-order chi connectivity index (χ1) is 11.5. The van der Waals surface area contributed by atoms with Crippen LogP contribution in [-0.4, -0.2) is 28.4 Å². The van der Waals surface area contributed by atoms with E-state index >= 15 is 0 Å². The number of likely N-dealkylation sites (tertiary alicyclic amines) is 1. The normalized spacial score (nSPS) is 17.0. The summed E-state index contributed by atoms with van der Waals surface area (Å²) in [5.74, 6) is -0.869. The summed E-state index contributed by atoms with van der Waals surface area (Å²) in [6.07, 6.45) is 2.28. The summed E-state index contributed by atoms with van der Waals surface area (Å²) in [7, 11) is 0. The summed E-state index contributed by atoms with van der Waals surface area (Å²) in [6.45, 7) is 0.771. The molecule has 3 rings (SSSR count). The van der Waals surface area contributed by atoms with Gasteiger partial charge in [-0.3, -0.25) is 4.79 Å². The van der Waals surface area contributed by atoms with Crippen LogP contribution in [0.5, 0.6) is 0 Å². The van der Waals surface area contributed by atoms with Gasteiger partial charge in [0.25, 0.3) is 0 Å². The Kier molecular flexibility index (Phi) is 5.00. The zero-order valence-electron chi connectivity index (χ0n) is 13.1. The molecule has 1 saturated heterocycles. The van der Waals surface area contributed by atoms with Crippen LogP contribution < -0.4 is 0 Å². The first kappa shape index (κ1) is 16.7. The second-order valence-corrected chi connectivity index (χ2v) is 6.89. The van der Waals surface area contributed by atoms with E-state index in [1.807, 2.05) is 17.0 Å². The number of carboxylic acid groups (broad SMARTS) is 1. The number of carbonyl (C=O) groups is 2. The summed E-state index contributed by atoms with van der Waals surface area (Å²) in [5.41, 5.74) is 2.23. The van der Waals surface area contributed by atoms with Crippen LogP contribution in [0.2, 0.25) is 0 Å². The maximum absolute atomic E-state index is 12.7. The molecule has 1 atom stereocenters. The van der Waals surface area contributed by atoms with Crippen LogP contribution in [0.1, 0.15) is 40.4 Å². The predicted molar refractivity (Wildman–Crippen MR) is 94.9 cm³/mol.